The molecule has 2 aromatic rings. The van der Waals surface area contributed by atoms with Crippen LogP contribution in [0.15, 0.2) is 46.3 Å². The number of phenols is 1. The van der Waals surface area contributed by atoms with Crippen LogP contribution in [-0.4, -0.2) is 34.7 Å². The molecule has 0 bridgehead atoms. The van der Waals surface area contributed by atoms with Gasteiger partial charge in [-0.1, -0.05) is 31.0 Å². The number of hydrogen-bond donors (Lipinski definition) is 1. The van der Waals surface area contributed by atoms with Gasteiger partial charge in [-0.3, -0.25) is 9.69 Å². The van der Waals surface area contributed by atoms with E-state index in [1.807, 2.05) is 65.9 Å². The Morgan fingerprint density at radius 3 is 2.66 bits per heavy atom. The van der Waals surface area contributed by atoms with Gasteiger partial charge in [0.05, 0.1) is 21.3 Å². The molecule has 1 saturated heterocycles. The Bertz CT molecular complexity index is 971. The first kappa shape index (κ1) is 21.7. The second-order valence-electron chi connectivity index (χ2n) is 6.70. The highest BCUT2D eigenvalue weighted by atomic mass is 127. The number of methoxy groups -OCH3 is 1. The zero-order valence-corrected chi connectivity index (χ0v) is 19.6. The van der Waals surface area contributed by atoms with Gasteiger partial charge in [0.1, 0.15) is 0 Å². The van der Waals surface area contributed by atoms with E-state index in [9.17, 15) is 9.90 Å². The van der Waals surface area contributed by atoms with E-state index in [1.54, 1.807) is 11.0 Å². The number of carbonyl (C=O) groups is 1. The molecule has 7 heteroatoms. The van der Waals surface area contributed by atoms with Gasteiger partial charge in [0.25, 0.3) is 5.91 Å². The van der Waals surface area contributed by atoms with Crippen LogP contribution in [0, 0.1) is 10.5 Å². The van der Waals surface area contributed by atoms with Crippen molar-refractivity contribution in [3.05, 3.63) is 56.0 Å². The minimum absolute atomic E-state index is 0.0450. The monoisotopic (exact) mass is 522 g/mol. The van der Waals surface area contributed by atoms with Crippen LogP contribution in [0.25, 0.3) is 6.08 Å². The smallest absolute Gasteiger partial charge is 0.266 e. The number of rotatable bonds is 6. The summed E-state index contributed by atoms with van der Waals surface area (Å²) in [6, 6.07) is 11.5. The Hall–Kier alpha value is -2.00. The Kier molecular flexibility index (Phi) is 7.23. The van der Waals surface area contributed by atoms with E-state index >= 15 is 0 Å². The third-order valence-corrected chi connectivity index (χ3v) is 6.28. The lowest BCUT2D eigenvalue weighted by atomic mass is 10.2. The van der Waals surface area contributed by atoms with Crippen molar-refractivity contribution < 1.29 is 14.6 Å². The van der Waals surface area contributed by atoms with Crippen LogP contribution in [-0.2, 0) is 4.79 Å². The molecule has 1 aliphatic heterocycles. The molecule has 1 aliphatic rings. The molecule has 0 spiro atoms. The maximum atomic E-state index is 13.1. The van der Waals surface area contributed by atoms with E-state index in [1.165, 1.54) is 24.4 Å². The number of benzene rings is 2. The molecule has 5 nitrogen and oxygen atoms in total. The van der Waals surface area contributed by atoms with Crippen molar-refractivity contribution >= 4 is 57.2 Å². The summed E-state index contributed by atoms with van der Waals surface area (Å²) in [5.41, 5.74) is 2.80. The number of thioether (sulfide) groups is 1. The van der Waals surface area contributed by atoms with Crippen LogP contribution in [0.1, 0.15) is 30.9 Å². The van der Waals surface area contributed by atoms with Crippen LogP contribution in [0.5, 0.6) is 11.5 Å². The van der Waals surface area contributed by atoms with E-state index in [0.717, 1.165) is 24.1 Å². The van der Waals surface area contributed by atoms with E-state index in [-0.39, 0.29) is 11.7 Å². The summed E-state index contributed by atoms with van der Waals surface area (Å²) in [7, 11) is 1.51. The van der Waals surface area contributed by atoms with E-state index in [0.29, 0.717) is 25.9 Å². The molecule has 0 atom stereocenters. The first-order chi connectivity index (χ1) is 13.9. The minimum atomic E-state index is -0.0450. The molecular weight excluding hydrogens is 499 g/mol. The summed E-state index contributed by atoms with van der Waals surface area (Å²) in [4.78, 5) is 20.1. The first-order valence-corrected chi connectivity index (χ1v) is 11.3. The largest absolute Gasteiger partial charge is 0.504 e. The number of phenolic OH excluding ortho intramolecular Hbond substituents is 1. The van der Waals surface area contributed by atoms with Gasteiger partial charge in [0.15, 0.2) is 16.7 Å². The number of carbonyl (C=O) groups excluding carboxylic acids is 1. The number of aliphatic imine (C=N–C) groups is 1. The molecule has 0 aromatic heterocycles. The van der Waals surface area contributed by atoms with Crippen molar-refractivity contribution in [1.29, 1.82) is 0 Å². The minimum Gasteiger partial charge on any atom is -0.504 e. The summed E-state index contributed by atoms with van der Waals surface area (Å²) in [6.07, 6.45) is 3.74. The zero-order chi connectivity index (χ0) is 21.0. The fraction of sp³-hybridized carbons (Fsp3) is 0.273. The van der Waals surface area contributed by atoms with Crippen LogP contribution >= 0.6 is 34.4 Å². The SMILES string of the molecule is CCCCN1C(=O)/C(=C\c2cc(I)c(O)c(OC)c2)SC1=Nc1ccc(C)cc1. The molecule has 0 radical (unpaired) electrons. The fourth-order valence-corrected chi connectivity index (χ4v) is 4.47. The molecule has 152 valence electrons. The number of halogens is 1. The van der Waals surface area contributed by atoms with Crippen LogP contribution < -0.4 is 4.74 Å². The molecule has 1 heterocycles. The lowest BCUT2D eigenvalue weighted by Gasteiger charge is -2.14. The molecule has 1 amide bonds. The summed E-state index contributed by atoms with van der Waals surface area (Å²) in [5, 5.41) is 10.7. The van der Waals surface area contributed by atoms with Gasteiger partial charge in [0, 0.05) is 6.54 Å². The fourth-order valence-electron chi connectivity index (χ4n) is 2.82. The van der Waals surface area contributed by atoms with Crippen molar-refractivity contribution in [3.8, 4) is 11.5 Å². The number of nitrogens with zero attached hydrogens (tertiary/aromatic N) is 2. The highest BCUT2D eigenvalue weighted by Crippen LogP contribution is 2.37. The normalized spacial score (nSPS) is 16.8. The highest BCUT2D eigenvalue weighted by Gasteiger charge is 2.33. The van der Waals surface area contributed by atoms with Crippen molar-refractivity contribution in [2.24, 2.45) is 4.99 Å². The van der Waals surface area contributed by atoms with E-state index < -0.39 is 0 Å². The van der Waals surface area contributed by atoms with Crippen LogP contribution in [0.4, 0.5) is 5.69 Å². The third kappa shape index (κ3) is 5.14. The van der Waals surface area contributed by atoms with Crippen LogP contribution in [0.3, 0.4) is 0 Å². The van der Waals surface area contributed by atoms with Crippen molar-refractivity contribution in [2.75, 3.05) is 13.7 Å². The second kappa shape index (κ2) is 9.67. The van der Waals surface area contributed by atoms with Gasteiger partial charge in [-0.2, -0.15) is 0 Å². The number of amides is 1. The van der Waals surface area contributed by atoms with Gasteiger partial charge in [-0.15, -0.1) is 0 Å². The predicted molar refractivity (Wildman–Crippen MR) is 128 cm³/mol. The molecule has 2 aromatic carbocycles. The molecule has 29 heavy (non-hydrogen) atoms. The van der Waals surface area contributed by atoms with Gasteiger partial charge >= 0.3 is 0 Å². The summed E-state index contributed by atoms with van der Waals surface area (Å²) < 4.78 is 5.90. The number of hydrogen-bond acceptors (Lipinski definition) is 5. The lowest BCUT2D eigenvalue weighted by Crippen LogP contribution is -2.30. The Morgan fingerprint density at radius 1 is 1.28 bits per heavy atom. The lowest BCUT2D eigenvalue weighted by molar-refractivity contribution is -0.122. The summed E-state index contributed by atoms with van der Waals surface area (Å²) in [6.45, 7) is 4.78. The zero-order valence-electron chi connectivity index (χ0n) is 16.6. The van der Waals surface area contributed by atoms with Crippen molar-refractivity contribution in [1.82, 2.24) is 4.90 Å². The first-order valence-electron chi connectivity index (χ1n) is 9.36. The number of ether oxygens (including phenoxy) is 1. The Morgan fingerprint density at radius 2 is 2.00 bits per heavy atom. The Labute approximate surface area is 189 Å². The average molecular weight is 522 g/mol. The average Bonchev–Trinajstić information content (AvgIpc) is 2.99. The van der Waals surface area contributed by atoms with E-state index in [4.69, 9.17) is 9.73 Å². The molecule has 0 aliphatic carbocycles. The highest BCUT2D eigenvalue weighted by molar-refractivity contribution is 14.1. The predicted octanol–water partition coefficient (Wildman–Crippen LogP) is 5.72. The molecule has 3 rings (SSSR count). The van der Waals surface area contributed by atoms with Gasteiger partial charge < -0.3 is 9.84 Å². The maximum Gasteiger partial charge on any atom is 0.266 e. The molecule has 1 N–H and O–H groups in total. The topological polar surface area (TPSA) is 62.1 Å². The van der Waals surface area contributed by atoms with Gasteiger partial charge in [0.2, 0.25) is 0 Å². The van der Waals surface area contributed by atoms with Crippen molar-refractivity contribution in [2.45, 2.75) is 26.7 Å². The number of aryl methyl sites for hydroxylation is 1. The third-order valence-electron chi connectivity index (χ3n) is 4.45. The van der Waals surface area contributed by atoms with Crippen molar-refractivity contribution in [3.63, 3.8) is 0 Å². The quantitative estimate of drug-likeness (QED) is 0.390. The summed E-state index contributed by atoms with van der Waals surface area (Å²) >= 11 is 3.43. The molecule has 0 unspecified atom stereocenters. The molecule has 1 fully saturated rings. The maximum absolute atomic E-state index is 13.1. The van der Waals surface area contributed by atoms with E-state index in [2.05, 4.69) is 6.92 Å². The summed E-state index contributed by atoms with van der Waals surface area (Å²) in [5.74, 6) is 0.443. The van der Waals surface area contributed by atoms with Gasteiger partial charge in [-0.25, -0.2) is 4.99 Å². The standard InChI is InChI=1S/C22H23IN2O3S/c1-4-5-10-25-21(27)19(13-15-11-17(23)20(26)18(12-15)28-3)29-22(25)24-16-8-6-14(2)7-9-16/h6-9,11-13,26H,4-5,10H2,1-3H3/b19-13+,24-22?. The number of aromatic hydroxyl groups is 1. The van der Waals surface area contributed by atoms with Gasteiger partial charge in [-0.05, 0) is 83.6 Å². The molecule has 0 saturated carbocycles. The number of unbranched alkanes of at least 4 members (excludes halogenated alkanes) is 1. The van der Waals surface area contributed by atoms with Crippen LogP contribution in [0.2, 0.25) is 0 Å². The second-order valence-corrected chi connectivity index (χ2v) is 8.88. The number of amidine groups is 1. The molecular formula is C22H23IN2O3S. The Balaban J connectivity index is 1.96.